The van der Waals surface area contributed by atoms with Gasteiger partial charge in [-0.05, 0) is 29.8 Å². The van der Waals surface area contributed by atoms with E-state index in [0.717, 1.165) is 38.4 Å². The molecule has 0 bridgehead atoms. The number of hydrogen-bond donors (Lipinski definition) is 0. The highest BCUT2D eigenvalue weighted by atomic mass is 35.5. The van der Waals surface area contributed by atoms with Crippen LogP contribution >= 0.6 is 34.8 Å². The first kappa shape index (κ1) is 20.2. The van der Waals surface area contributed by atoms with E-state index in [2.05, 4.69) is 25.9 Å². The van der Waals surface area contributed by atoms with Crippen LogP contribution in [0.3, 0.4) is 0 Å². The summed E-state index contributed by atoms with van der Waals surface area (Å²) in [4.78, 5) is 21.1. The highest BCUT2D eigenvalue weighted by Gasteiger charge is 2.20. The van der Waals surface area contributed by atoms with Crippen molar-refractivity contribution in [2.24, 2.45) is 0 Å². The van der Waals surface area contributed by atoms with Gasteiger partial charge in [0.15, 0.2) is 0 Å². The summed E-state index contributed by atoms with van der Waals surface area (Å²) in [6.45, 7) is 4.48. The Bertz CT molecular complexity index is 1070. The normalized spacial score (nSPS) is 14.9. The molecule has 3 aromatic rings. The number of rotatable bonds is 4. The van der Waals surface area contributed by atoms with Gasteiger partial charge in [0, 0.05) is 45.1 Å². The van der Waals surface area contributed by atoms with Crippen LogP contribution in [-0.4, -0.2) is 45.8 Å². The van der Waals surface area contributed by atoms with Gasteiger partial charge >= 0.3 is 0 Å². The van der Waals surface area contributed by atoms with E-state index in [1.54, 1.807) is 12.3 Å². The largest absolute Gasteiger partial charge is 0.368 e. The second kappa shape index (κ2) is 8.71. The lowest BCUT2D eigenvalue weighted by molar-refractivity contribution is 0.249. The van der Waals surface area contributed by atoms with Crippen LogP contribution < -0.4 is 10.5 Å². The third-order valence-corrected chi connectivity index (χ3v) is 5.95. The SMILES string of the molecule is O=c1c(Cl)c(Cl)cnn1-c1ccc(N2CCN(Cc3cccnc3)CC2)c(Cl)c1. The Kier molecular flexibility index (Phi) is 6.06. The molecule has 0 saturated carbocycles. The average molecular weight is 451 g/mol. The maximum atomic E-state index is 12.3. The fourth-order valence-electron chi connectivity index (χ4n) is 3.38. The van der Waals surface area contributed by atoms with E-state index in [4.69, 9.17) is 34.8 Å². The van der Waals surface area contributed by atoms with E-state index in [-0.39, 0.29) is 10.0 Å². The van der Waals surface area contributed by atoms with Crippen LogP contribution in [0.4, 0.5) is 5.69 Å². The summed E-state index contributed by atoms with van der Waals surface area (Å²) < 4.78 is 1.19. The highest BCUT2D eigenvalue weighted by molar-refractivity contribution is 6.41. The first-order chi connectivity index (χ1) is 14.0. The van der Waals surface area contributed by atoms with Crippen molar-refractivity contribution < 1.29 is 0 Å². The summed E-state index contributed by atoms with van der Waals surface area (Å²) >= 11 is 18.3. The Labute approximate surface area is 183 Å². The van der Waals surface area contributed by atoms with Gasteiger partial charge < -0.3 is 4.90 Å². The quantitative estimate of drug-likeness (QED) is 0.603. The van der Waals surface area contributed by atoms with Gasteiger partial charge in [-0.2, -0.15) is 9.78 Å². The van der Waals surface area contributed by atoms with E-state index >= 15 is 0 Å². The van der Waals surface area contributed by atoms with Crippen molar-refractivity contribution in [1.82, 2.24) is 19.7 Å². The molecule has 6 nitrogen and oxygen atoms in total. The van der Waals surface area contributed by atoms with Crippen LogP contribution in [0.5, 0.6) is 0 Å². The van der Waals surface area contributed by atoms with E-state index < -0.39 is 5.56 Å². The Morgan fingerprint density at radius 2 is 1.76 bits per heavy atom. The molecule has 0 aliphatic carbocycles. The zero-order valence-corrected chi connectivity index (χ0v) is 17.7. The van der Waals surface area contributed by atoms with Crippen LogP contribution in [-0.2, 0) is 6.54 Å². The molecule has 2 aromatic heterocycles. The minimum Gasteiger partial charge on any atom is -0.368 e. The van der Waals surface area contributed by atoms with Gasteiger partial charge in [-0.15, -0.1) is 0 Å². The molecule has 0 spiro atoms. The Morgan fingerprint density at radius 1 is 0.966 bits per heavy atom. The molecule has 1 fully saturated rings. The third kappa shape index (κ3) is 4.41. The van der Waals surface area contributed by atoms with Crippen molar-refractivity contribution in [3.05, 3.63) is 79.9 Å². The van der Waals surface area contributed by atoms with Crippen LogP contribution in [0.25, 0.3) is 5.69 Å². The molecule has 0 amide bonds. The minimum absolute atomic E-state index is 0.0633. The van der Waals surface area contributed by atoms with Crippen molar-refractivity contribution in [3.63, 3.8) is 0 Å². The zero-order valence-electron chi connectivity index (χ0n) is 15.4. The lowest BCUT2D eigenvalue weighted by Crippen LogP contribution is -2.46. The predicted molar refractivity (Wildman–Crippen MR) is 117 cm³/mol. The summed E-state index contributed by atoms with van der Waals surface area (Å²) in [7, 11) is 0. The monoisotopic (exact) mass is 449 g/mol. The van der Waals surface area contributed by atoms with Gasteiger partial charge in [0.25, 0.3) is 5.56 Å². The molecule has 3 heterocycles. The molecule has 0 radical (unpaired) electrons. The predicted octanol–water partition coefficient (Wildman–Crippen LogP) is 3.91. The fraction of sp³-hybridized carbons (Fsp3) is 0.250. The molecule has 1 aliphatic rings. The molecule has 1 aliphatic heterocycles. The number of pyridine rings is 1. The van der Waals surface area contributed by atoms with Gasteiger partial charge in [0.1, 0.15) is 5.02 Å². The molecule has 1 aromatic carbocycles. The van der Waals surface area contributed by atoms with E-state index in [1.165, 1.54) is 16.4 Å². The molecule has 29 heavy (non-hydrogen) atoms. The summed E-state index contributed by atoms with van der Waals surface area (Å²) in [5.41, 5.74) is 2.21. The maximum Gasteiger partial charge on any atom is 0.291 e. The highest BCUT2D eigenvalue weighted by Crippen LogP contribution is 2.29. The number of benzene rings is 1. The third-order valence-electron chi connectivity index (χ3n) is 4.89. The zero-order chi connectivity index (χ0) is 20.4. The smallest absolute Gasteiger partial charge is 0.291 e. The van der Waals surface area contributed by atoms with Gasteiger partial charge in [-0.3, -0.25) is 14.7 Å². The molecule has 150 valence electrons. The number of anilines is 1. The summed E-state index contributed by atoms with van der Waals surface area (Å²) in [6.07, 6.45) is 5.03. The maximum absolute atomic E-state index is 12.3. The van der Waals surface area contributed by atoms with Crippen LogP contribution in [0, 0.1) is 0 Å². The second-order valence-corrected chi connectivity index (χ2v) is 7.98. The molecule has 0 atom stereocenters. The minimum atomic E-state index is -0.480. The van der Waals surface area contributed by atoms with Crippen LogP contribution in [0.2, 0.25) is 15.1 Å². The second-order valence-electron chi connectivity index (χ2n) is 6.78. The number of nitrogens with zero attached hydrogens (tertiary/aromatic N) is 5. The average Bonchev–Trinajstić information content (AvgIpc) is 2.74. The van der Waals surface area contributed by atoms with E-state index in [1.807, 2.05) is 24.4 Å². The van der Waals surface area contributed by atoms with Crippen molar-refractivity contribution in [1.29, 1.82) is 0 Å². The standard InChI is InChI=1S/C20H18Cl3N5O/c21-16-10-15(28-20(29)19(23)17(22)12-25-28)3-4-18(16)27-8-6-26(7-9-27)13-14-2-1-5-24-11-14/h1-5,10-12H,6-9,13H2. The van der Waals surface area contributed by atoms with Crippen molar-refractivity contribution in [3.8, 4) is 5.69 Å². The van der Waals surface area contributed by atoms with Crippen LogP contribution in [0.1, 0.15) is 5.56 Å². The molecular formula is C20H18Cl3N5O. The molecular weight excluding hydrogens is 433 g/mol. The molecule has 9 heteroatoms. The van der Waals surface area contributed by atoms with Crippen LogP contribution in [0.15, 0.2) is 53.7 Å². The van der Waals surface area contributed by atoms with Gasteiger partial charge in [-0.1, -0.05) is 40.9 Å². The summed E-state index contributed by atoms with van der Waals surface area (Å²) in [5.74, 6) is 0. The Balaban J connectivity index is 1.47. The molecule has 4 rings (SSSR count). The van der Waals surface area contributed by atoms with E-state index in [0.29, 0.717) is 10.7 Å². The van der Waals surface area contributed by atoms with E-state index in [9.17, 15) is 4.79 Å². The summed E-state index contributed by atoms with van der Waals surface area (Å²) in [5, 5.41) is 4.67. The molecule has 0 unspecified atom stereocenters. The topological polar surface area (TPSA) is 54.3 Å². The Hall–Kier alpha value is -2.12. The lowest BCUT2D eigenvalue weighted by Gasteiger charge is -2.36. The Morgan fingerprint density at radius 3 is 2.45 bits per heavy atom. The lowest BCUT2D eigenvalue weighted by atomic mass is 10.2. The number of piperazine rings is 1. The first-order valence-corrected chi connectivity index (χ1v) is 10.3. The van der Waals surface area contributed by atoms with Gasteiger partial charge in [0.05, 0.1) is 27.6 Å². The van der Waals surface area contributed by atoms with Gasteiger partial charge in [0.2, 0.25) is 0 Å². The van der Waals surface area contributed by atoms with Crippen molar-refractivity contribution >= 4 is 40.5 Å². The number of hydrogen-bond acceptors (Lipinski definition) is 5. The van der Waals surface area contributed by atoms with Crippen molar-refractivity contribution in [2.75, 3.05) is 31.1 Å². The number of halogens is 3. The summed E-state index contributed by atoms with van der Waals surface area (Å²) in [6, 6.07) is 9.49. The van der Waals surface area contributed by atoms with Gasteiger partial charge in [-0.25, -0.2) is 0 Å². The van der Waals surface area contributed by atoms with Crippen molar-refractivity contribution in [2.45, 2.75) is 6.54 Å². The first-order valence-electron chi connectivity index (χ1n) is 9.12. The number of aromatic nitrogens is 3. The molecule has 1 saturated heterocycles. The fourth-order valence-corrected chi connectivity index (χ4v) is 3.92. The molecule has 0 N–H and O–H groups in total.